The minimum absolute atomic E-state index is 0.724. The van der Waals surface area contributed by atoms with Gasteiger partial charge in [-0.1, -0.05) is 19.9 Å². The molecule has 1 nitrogen and oxygen atoms in total. The predicted molar refractivity (Wildman–Crippen MR) is 54.3 cm³/mol. The number of ether oxygens (including phenoxy) is 1. The van der Waals surface area contributed by atoms with Crippen molar-refractivity contribution in [2.75, 3.05) is 6.61 Å². The van der Waals surface area contributed by atoms with Crippen molar-refractivity contribution in [3.63, 3.8) is 0 Å². The summed E-state index contributed by atoms with van der Waals surface area (Å²) in [6, 6.07) is 0. The molecule has 0 spiro atoms. The summed E-state index contributed by atoms with van der Waals surface area (Å²) in [5, 5.41) is 0. The number of rotatable bonds is 1. The van der Waals surface area contributed by atoms with Crippen molar-refractivity contribution in [2.24, 2.45) is 11.8 Å². The van der Waals surface area contributed by atoms with E-state index in [0.29, 0.717) is 0 Å². The Labute approximate surface area is 80.5 Å². The third kappa shape index (κ3) is 1.79. The maximum Gasteiger partial charge on any atom is 0.118 e. The van der Waals surface area contributed by atoms with Gasteiger partial charge < -0.3 is 4.74 Å². The van der Waals surface area contributed by atoms with Gasteiger partial charge in [-0.2, -0.15) is 0 Å². The van der Waals surface area contributed by atoms with Crippen molar-refractivity contribution in [3.8, 4) is 0 Å². The quantitative estimate of drug-likeness (QED) is 0.598. The first kappa shape index (κ1) is 8.86. The largest absolute Gasteiger partial charge is 0.493 e. The maximum atomic E-state index is 5.75. The Bertz CT molecular complexity index is 248. The summed E-state index contributed by atoms with van der Waals surface area (Å²) in [6.07, 6.45) is 8.18. The zero-order valence-electron chi connectivity index (χ0n) is 8.55. The van der Waals surface area contributed by atoms with E-state index in [1.165, 1.54) is 24.2 Å². The molecule has 1 atom stereocenters. The molecule has 1 unspecified atom stereocenters. The van der Waals surface area contributed by atoms with E-state index in [4.69, 9.17) is 4.74 Å². The molecular formula is C12H18O. The second-order valence-electron chi connectivity index (χ2n) is 4.39. The molecule has 0 amide bonds. The number of fused-ring (bicyclic) bond motifs is 1. The molecule has 0 radical (unpaired) electrons. The maximum absolute atomic E-state index is 5.75. The lowest BCUT2D eigenvalue weighted by Gasteiger charge is -2.31. The molecule has 72 valence electrons. The molecule has 0 bridgehead atoms. The molecule has 1 fully saturated rings. The van der Waals surface area contributed by atoms with Gasteiger partial charge in [-0.25, -0.2) is 0 Å². The second-order valence-corrected chi connectivity index (χ2v) is 4.39. The Morgan fingerprint density at radius 1 is 1.31 bits per heavy atom. The van der Waals surface area contributed by atoms with E-state index in [1.807, 2.05) is 0 Å². The van der Waals surface area contributed by atoms with Crippen LogP contribution in [0.1, 0.15) is 33.1 Å². The molecule has 2 rings (SSSR count). The topological polar surface area (TPSA) is 9.23 Å². The van der Waals surface area contributed by atoms with E-state index in [1.54, 1.807) is 0 Å². The molecule has 0 saturated carbocycles. The fourth-order valence-corrected chi connectivity index (χ4v) is 2.01. The summed E-state index contributed by atoms with van der Waals surface area (Å²) < 4.78 is 5.75. The van der Waals surface area contributed by atoms with Crippen LogP contribution in [0.25, 0.3) is 0 Å². The van der Waals surface area contributed by atoms with E-state index in [-0.39, 0.29) is 0 Å². The monoisotopic (exact) mass is 178 g/mol. The van der Waals surface area contributed by atoms with Crippen molar-refractivity contribution in [3.05, 3.63) is 23.5 Å². The summed E-state index contributed by atoms with van der Waals surface area (Å²) in [5.41, 5.74) is 1.45. The average Bonchev–Trinajstić information content (AvgIpc) is 2.17. The average molecular weight is 178 g/mol. The van der Waals surface area contributed by atoms with Gasteiger partial charge in [-0.15, -0.1) is 0 Å². The third-order valence-electron chi connectivity index (χ3n) is 3.08. The van der Waals surface area contributed by atoms with E-state index in [9.17, 15) is 0 Å². The van der Waals surface area contributed by atoms with E-state index in [2.05, 4.69) is 26.0 Å². The van der Waals surface area contributed by atoms with Crippen LogP contribution in [0.4, 0.5) is 0 Å². The van der Waals surface area contributed by atoms with Crippen molar-refractivity contribution < 1.29 is 4.74 Å². The van der Waals surface area contributed by atoms with Crippen LogP contribution in [0.15, 0.2) is 23.5 Å². The van der Waals surface area contributed by atoms with Crippen LogP contribution in [0.2, 0.25) is 0 Å². The van der Waals surface area contributed by atoms with E-state index in [0.717, 1.165) is 24.9 Å². The molecule has 2 aliphatic rings. The fraction of sp³-hybridized carbons (Fsp3) is 0.667. The Morgan fingerprint density at radius 3 is 2.85 bits per heavy atom. The highest BCUT2D eigenvalue weighted by atomic mass is 16.5. The zero-order chi connectivity index (χ0) is 9.26. The Hall–Kier alpha value is -0.720. The number of hydrogen-bond acceptors (Lipinski definition) is 1. The zero-order valence-corrected chi connectivity index (χ0v) is 8.55. The van der Waals surface area contributed by atoms with Crippen LogP contribution in [0.5, 0.6) is 0 Å². The molecule has 0 aromatic carbocycles. The molecule has 1 aliphatic carbocycles. The molecule has 13 heavy (non-hydrogen) atoms. The minimum Gasteiger partial charge on any atom is -0.493 e. The van der Waals surface area contributed by atoms with Gasteiger partial charge in [0.15, 0.2) is 0 Å². The summed E-state index contributed by atoms with van der Waals surface area (Å²) in [4.78, 5) is 0. The Balaban J connectivity index is 2.08. The number of hydrogen-bond donors (Lipinski definition) is 0. The predicted octanol–water partition coefficient (Wildman–Crippen LogP) is 3.28. The van der Waals surface area contributed by atoms with Gasteiger partial charge in [0.25, 0.3) is 0 Å². The highest BCUT2D eigenvalue weighted by molar-refractivity contribution is 5.30. The fourth-order valence-electron chi connectivity index (χ4n) is 2.01. The smallest absolute Gasteiger partial charge is 0.118 e. The SMILES string of the molecule is CC(C)C1COC2=CCCC=C2C1. The first-order chi connectivity index (χ1) is 6.27. The van der Waals surface area contributed by atoms with Crippen LogP contribution in [-0.4, -0.2) is 6.61 Å². The Kier molecular flexibility index (Phi) is 2.43. The highest BCUT2D eigenvalue weighted by Crippen LogP contribution is 2.34. The first-order valence-corrected chi connectivity index (χ1v) is 5.29. The molecule has 1 saturated heterocycles. The van der Waals surface area contributed by atoms with Crippen LogP contribution < -0.4 is 0 Å². The summed E-state index contributed by atoms with van der Waals surface area (Å²) >= 11 is 0. The lowest BCUT2D eigenvalue weighted by molar-refractivity contribution is 0.116. The molecule has 1 heterocycles. The molecule has 0 aromatic rings. The van der Waals surface area contributed by atoms with Crippen LogP contribution in [0, 0.1) is 11.8 Å². The molecular weight excluding hydrogens is 160 g/mol. The third-order valence-corrected chi connectivity index (χ3v) is 3.08. The highest BCUT2D eigenvalue weighted by Gasteiger charge is 2.24. The van der Waals surface area contributed by atoms with Crippen molar-refractivity contribution in [1.82, 2.24) is 0 Å². The van der Waals surface area contributed by atoms with Gasteiger partial charge in [-0.3, -0.25) is 0 Å². The summed E-state index contributed by atoms with van der Waals surface area (Å²) in [7, 11) is 0. The van der Waals surface area contributed by atoms with Gasteiger partial charge in [0.1, 0.15) is 5.76 Å². The van der Waals surface area contributed by atoms with Crippen molar-refractivity contribution in [1.29, 1.82) is 0 Å². The van der Waals surface area contributed by atoms with Gasteiger partial charge in [0.05, 0.1) is 6.61 Å². The van der Waals surface area contributed by atoms with Crippen LogP contribution in [0.3, 0.4) is 0 Å². The molecule has 0 N–H and O–H groups in total. The normalized spacial score (nSPS) is 27.5. The molecule has 1 aliphatic heterocycles. The Morgan fingerprint density at radius 2 is 2.08 bits per heavy atom. The van der Waals surface area contributed by atoms with Crippen LogP contribution in [-0.2, 0) is 4.74 Å². The van der Waals surface area contributed by atoms with E-state index < -0.39 is 0 Å². The van der Waals surface area contributed by atoms with E-state index >= 15 is 0 Å². The van der Waals surface area contributed by atoms with Crippen molar-refractivity contribution in [2.45, 2.75) is 33.1 Å². The molecule has 1 heteroatoms. The lowest BCUT2D eigenvalue weighted by atomic mass is 9.85. The first-order valence-electron chi connectivity index (χ1n) is 5.29. The standard InChI is InChI=1S/C12H18O/c1-9(2)11-7-10-5-3-4-6-12(10)13-8-11/h5-6,9,11H,3-4,7-8H2,1-2H3. The minimum atomic E-state index is 0.724. The van der Waals surface area contributed by atoms with Gasteiger partial charge in [-0.05, 0) is 42.7 Å². The summed E-state index contributed by atoms with van der Waals surface area (Å²) in [5.74, 6) is 2.63. The van der Waals surface area contributed by atoms with Crippen LogP contribution >= 0.6 is 0 Å². The summed E-state index contributed by atoms with van der Waals surface area (Å²) in [6.45, 7) is 5.49. The number of allylic oxidation sites excluding steroid dienone is 3. The lowest BCUT2D eigenvalue weighted by Crippen LogP contribution is -2.23. The van der Waals surface area contributed by atoms with Crippen molar-refractivity contribution >= 4 is 0 Å². The van der Waals surface area contributed by atoms with Gasteiger partial charge >= 0.3 is 0 Å². The van der Waals surface area contributed by atoms with Gasteiger partial charge in [0.2, 0.25) is 0 Å². The van der Waals surface area contributed by atoms with Gasteiger partial charge in [0, 0.05) is 0 Å². The second kappa shape index (κ2) is 3.57. The molecule has 0 aromatic heterocycles.